The highest BCUT2D eigenvalue weighted by Gasteiger charge is 2.26. The van der Waals surface area contributed by atoms with Gasteiger partial charge in [-0.3, -0.25) is 0 Å². The lowest BCUT2D eigenvalue weighted by molar-refractivity contribution is -0.0105. The van der Waals surface area contributed by atoms with Gasteiger partial charge in [-0.25, -0.2) is 0 Å². The van der Waals surface area contributed by atoms with Crippen molar-refractivity contribution in [3.63, 3.8) is 0 Å². The van der Waals surface area contributed by atoms with Crippen molar-refractivity contribution in [2.24, 2.45) is 5.41 Å². The Balaban J connectivity index is 2.58. The zero-order valence-corrected chi connectivity index (χ0v) is 7.98. The minimum atomic E-state index is 0.287. The van der Waals surface area contributed by atoms with E-state index in [2.05, 4.69) is 33.8 Å². The van der Waals surface area contributed by atoms with Crippen LogP contribution in [0, 0.1) is 5.41 Å². The molecule has 0 amide bonds. The Morgan fingerprint density at radius 3 is 2.45 bits per heavy atom. The highest BCUT2D eigenvalue weighted by atomic mass is 16.5. The average Bonchev–Trinajstić information content (AvgIpc) is 1.86. The Hall–Kier alpha value is -0.300. The first-order valence-electron chi connectivity index (χ1n) is 4.27. The van der Waals surface area contributed by atoms with Gasteiger partial charge in [-0.2, -0.15) is 0 Å². The van der Waals surface area contributed by atoms with Crippen molar-refractivity contribution in [2.45, 2.75) is 40.2 Å². The minimum absolute atomic E-state index is 0.287. The van der Waals surface area contributed by atoms with Gasteiger partial charge < -0.3 is 4.74 Å². The van der Waals surface area contributed by atoms with E-state index in [1.54, 1.807) is 0 Å². The molecule has 1 aliphatic rings. The Morgan fingerprint density at radius 2 is 2.09 bits per heavy atom. The number of rotatable bonds is 0. The van der Waals surface area contributed by atoms with Gasteiger partial charge in [0.15, 0.2) is 0 Å². The van der Waals surface area contributed by atoms with Gasteiger partial charge in [-0.15, -0.1) is 0 Å². The van der Waals surface area contributed by atoms with Crippen molar-refractivity contribution >= 4 is 0 Å². The molecule has 0 radical (unpaired) electrons. The summed E-state index contributed by atoms with van der Waals surface area (Å²) >= 11 is 0. The summed E-state index contributed by atoms with van der Waals surface area (Å²) in [5.74, 6) is 0. The number of hydrogen-bond donors (Lipinski definition) is 0. The molecule has 0 bridgehead atoms. The van der Waals surface area contributed by atoms with Crippen molar-refractivity contribution in [3.8, 4) is 0 Å². The van der Waals surface area contributed by atoms with E-state index in [-0.39, 0.29) is 5.41 Å². The van der Waals surface area contributed by atoms with Crippen molar-refractivity contribution in [1.82, 2.24) is 0 Å². The van der Waals surface area contributed by atoms with E-state index in [4.69, 9.17) is 4.74 Å². The van der Waals surface area contributed by atoms with Crippen LogP contribution in [0.4, 0.5) is 0 Å². The summed E-state index contributed by atoms with van der Waals surface area (Å²) in [6.45, 7) is 9.68. The van der Waals surface area contributed by atoms with Crippen LogP contribution in [0.5, 0.6) is 0 Å². The molecule has 64 valence electrons. The predicted molar refractivity (Wildman–Crippen MR) is 47.6 cm³/mol. The van der Waals surface area contributed by atoms with Gasteiger partial charge in [0.1, 0.15) is 0 Å². The van der Waals surface area contributed by atoms with Gasteiger partial charge in [0.05, 0.1) is 12.7 Å². The number of hydrogen-bond acceptors (Lipinski definition) is 1. The van der Waals surface area contributed by atoms with Crippen LogP contribution in [0.25, 0.3) is 0 Å². The maximum Gasteiger partial charge on any atom is 0.0664 e. The fraction of sp³-hybridized carbons (Fsp3) is 0.800. The lowest BCUT2D eigenvalue weighted by Crippen LogP contribution is -2.31. The third kappa shape index (κ3) is 2.33. The van der Waals surface area contributed by atoms with E-state index >= 15 is 0 Å². The standard InChI is InChI=1S/C10H18O/c1-8-5-6-11-9(7-8)10(2,3)4/h5,9H,6-7H2,1-4H3/t9-/m0/s1. The van der Waals surface area contributed by atoms with E-state index in [9.17, 15) is 0 Å². The topological polar surface area (TPSA) is 9.23 Å². The molecule has 0 aromatic rings. The second-order valence-electron chi connectivity index (χ2n) is 4.44. The van der Waals surface area contributed by atoms with Crippen LogP contribution in [0.2, 0.25) is 0 Å². The van der Waals surface area contributed by atoms with Gasteiger partial charge in [0, 0.05) is 0 Å². The van der Waals surface area contributed by atoms with Crippen molar-refractivity contribution in [3.05, 3.63) is 11.6 Å². The molecule has 1 heterocycles. The maximum atomic E-state index is 5.64. The Morgan fingerprint density at radius 1 is 1.45 bits per heavy atom. The highest BCUT2D eigenvalue weighted by Crippen LogP contribution is 2.29. The molecule has 1 heteroatoms. The molecule has 0 unspecified atom stereocenters. The summed E-state index contributed by atoms with van der Waals surface area (Å²) in [5.41, 5.74) is 1.76. The lowest BCUT2D eigenvalue weighted by atomic mass is 9.84. The normalized spacial score (nSPS) is 26.5. The molecule has 0 fully saturated rings. The fourth-order valence-electron chi connectivity index (χ4n) is 1.30. The molecule has 0 aromatic heterocycles. The van der Waals surface area contributed by atoms with Gasteiger partial charge in [0.2, 0.25) is 0 Å². The van der Waals surface area contributed by atoms with Crippen LogP contribution in [-0.2, 0) is 4.74 Å². The van der Waals surface area contributed by atoms with E-state index in [0.29, 0.717) is 6.10 Å². The summed E-state index contributed by atoms with van der Waals surface area (Å²) in [4.78, 5) is 0. The van der Waals surface area contributed by atoms with Crippen LogP contribution in [-0.4, -0.2) is 12.7 Å². The molecule has 0 aromatic carbocycles. The second kappa shape index (κ2) is 2.98. The monoisotopic (exact) mass is 154 g/mol. The van der Waals surface area contributed by atoms with Gasteiger partial charge >= 0.3 is 0 Å². The molecular weight excluding hydrogens is 136 g/mol. The molecule has 1 atom stereocenters. The van der Waals surface area contributed by atoms with Crippen molar-refractivity contribution < 1.29 is 4.74 Å². The van der Waals surface area contributed by atoms with Crippen LogP contribution >= 0.6 is 0 Å². The zero-order chi connectivity index (χ0) is 8.48. The zero-order valence-electron chi connectivity index (χ0n) is 7.98. The number of ether oxygens (including phenoxy) is 1. The molecule has 0 spiro atoms. The first kappa shape index (κ1) is 8.79. The maximum absolute atomic E-state index is 5.64. The summed E-state index contributed by atoms with van der Waals surface area (Å²) in [5, 5.41) is 0. The van der Waals surface area contributed by atoms with Crippen LogP contribution in [0.1, 0.15) is 34.1 Å². The predicted octanol–water partition coefficient (Wildman–Crippen LogP) is 2.77. The molecule has 0 N–H and O–H groups in total. The molecule has 11 heavy (non-hydrogen) atoms. The average molecular weight is 154 g/mol. The van der Waals surface area contributed by atoms with Crippen LogP contribution < -0.4 is 0 Å². The summed E-state index contributed by atoms with van der Waals surface area (Å²) in [7, 11) is 0. The Kier molecular flexibility index (Phi) is 2.38. The first-order chi connectivity index (χ1) is 5.00. The minimum Gasteiger partial charge on any atom is -0.373 e. The van der Waals surface area contributed by atoms with E-state index in [1.165, 1.54) is 5.57 Å². The van der Waals surface area contributed by atoms with Gasteiger partial charge in [0.25, 0.3) is 0 Å². The van der Waals surface area contributed by atoms with Gasteiger partial charge in [-0.1, -0.05) is 32.4 Å². The molecule has 0 saturated carbocycles. The Labute approximate surface area is 69.4 Å². The molecule has 0 aliphatic carbocycles. The lowest BCUT2D eigenvalue weighted by Gasteiger charge is -2.33. The first-order valence-corrected chi connectivity index (χ1v) is 4.27. The summed E-state index contributed by atoms with van der Waals surface area (Å²) < 4.78 is 5.64. The third-order valence-electron chi connectivity index (χ3n) is 2.20. The van der Waals surface area contributed by atoms with E-state index in [1.807, 2.05) is 0 Å². The van der Waals surface area contributed by atoms with Crippen molar-refractivity contribution in [1.29, 1.82) is 0 Å². The SMILES string of the molecule is CC1=CCO[C@H](C(C)(C)C)C1. The van der Waals surface area contributed by atoms with Crippen molar-refractivity contribution in [2.75, 3.05) is 6.61 Å². The smallest absolute Gasteiger partial charge is 0.0664 e. The van der Waals surface area contributed by atoms with Crippen LogP contribution in [0.15, 0.2) is 11.6 Å². The highest BCUT2D eigenvalue weighted by molar-refractivity contribution is 5.04. The third-order valence-corrected chi connectivity index (χ3v) is 2.20. The molecule has 1 rings (SSSR count). The van der Waals surface area contributed by atoms with Crippen LogP contribution in [0.3, 0.4) is 0 Å². The fourth-order valence-corrected chi connectivity index (χ4v) is 1.30. The summed E-state index contributed by atoms with van der Waals surface area (Å²) in [6.07, 6.45) is 3.68. The molecule has 1 nitrogen and oxygen atoms in total. The quantitative estimate of drug-likeness (QED) is 0.487. The second-order valence-corrected chi connectivity index (χ2v) is 4.44. The molecular formula is C10H18O. The van der Waals surface area contributed by atoms with E-state index in [0.717, 1.165) is 13.0 Å². The largest absolute Gasteiger partial charge is 0.373 e. The molecule has 0 saturated heterocycles. The summed E-state index contributed by atoms with van der Waals surface area (Å²) in [6, 6.07) is 0. The van der Waals surface area contributed by atoms with E-state index < -0.39 is 0 Å². The van der Waals surface area contributed by atoms with Gasteiger partial charge in [-0.05, 0) is 18.8 Å². The molecule has 1 aliphatic heterocycles. The Bertz CT molecular complexity index is 162.